The molecule has 0 unspecified atom stereocenters. The van der Waals surface area contributed by atoms with Gasteiger partial charge in [-0.25, -0.2) is 8.42 Å². The molecule has 0 amide bonds. The quantitative estimate of drug-likeness (QED) is 0.383. The molecule has 7 heteroatoms. The summed E-state index contributed by atoms with van der Waals surface area (Å²) in [5.74, 6) is -0.739. The Balaban J connectivity index is 0.00000200. The van der Waals surface area contributed by atoms with Crippen LogP contribution in [0.5, 0.6) is 5.75 Å². The first-order valence-electron chi connectivity index (χ1n) is 5.87. The molecule has 2 aromatic rings. The van der Waals surface area contributed by atoms with Crippen molar-refractivity contribution in [3.8, 4) is 5.75 Å². The van der Waals surface area contributed by atoms with E-state index in [1.807, 2.05) is 0 Å². The molecule has 0 aliphatic rings. The van der Waals surface area contributed by atoms with Gasteiger partial charge in [0.25, 0.3) is 10.4 Å². The summed E-state index contributed by atoms with van der Waals surface area (Å²) in [6.07, 6.45) is -0.624. The van der Waals surface area contributed by atoms with Crippen molar-refractivity contribution in [3.63, 3.8) is 0 Å². The third kappa shape index (κ3) is 3.28. The molecule has 15 heavy (non-hydrogen) atoms. The van der Waals surface area contributed by atoms with E-state index >= 15 is 0 Å². The molecule has 1 heterocycles. The number of aromatic nitrogens is 1. The molecule has 0 saturated carbocycles. The molecule has 2 rings (SSSR count). The van der Waals surface area contributed by atoms with Crippen LogP contribution >= 0.6 is 0 Å². The Hall–Kier alpha value is 0.106. The number of benzene rings is 1. The number of rotatable bonds is 2. The van der Waals surface area contributed by atoms with Gasteiger partial charge < -0.3 is 13.7 Å². The molecule has 5 nitrogen and oxygen atoms in total. The maximum Gasteiger partial charge on any atom is 1.00 e. The Morgan fingerprint density at radius 3 is 2.73 bits per heavy atom. The minimum atomic E-state index is -5.16. The summed E-state index contributed by atoms with van der Waals surface area (Å²) in [4.78, 5) is 2.25. The number of nitrogens with one attached hydrogen (secondary N) is 1. The summed E-state index contributed by atoms with van der Waals surface area (Å²) in [7, 11) is -5.16. The molecule has 0 bridgehead atoms. The number of hydrogen-bond donors (Lipinski definition) is 1. The van der Waals surface area contributed by atoms with E-state index in [0.717, 1.165) is 0 Å². The monoisotopic (exact) mass is 256 g/mol. The minimum Gasteiger partial charge on any atom is -0.716 e. The summed E-state index contributed by atoms with van der Waals surface area (Å²) < 4.78 is 73.3. The molecule has 74 valence electrons. The first-order valence-corrected chi connectivity index (χ1v) is 4.70. The first-order chi connectivity index (χ1) is 8.63. The molecule has 0 atom stereocenters. The molecule has 1 N–H and O–H groups in total. The second kappa shape index (κ2) is 4.96. The van der Waals surface area contributed by atoms with Crippen LogP contribution in [0.2, 0.25) is 0 Å². The van der Waals surface area contributed by atoms with Gasteiger partial charge in [0.2, 0.25) is 0 Å². The number of fused-ring (bicyclic) bond motifs is 1. The zero-order valence-corrected chi connectivity index (χ0v) is 11.5. The Bertz CT molecular complexity index is 790. The SMILES string of the molecule is [2H]c1[nH]c2c([2H])c([2H])c([2H])c([2H])c2c1OS(=O)(=O)[O-].[K+]. The average Bonchev–Trinajstić information content (AvgIpc) is 2.60. The number of hydrogen-bond acceptors (Lipinski definition) is 4. The van der Waals surface area contributed by atoms with Crippen molar-refractivity contribution in [2.75, 3.05) is 0 Å². The second-order valence-electron chi connectivity index (χ2n) is 2.32. The Labute approximate surface area is 136 Å². The molecule has 1 aromatic carbocycles. The molecule has 0 spiro atoms. The van der Waals surface area contributed by atoms with Gasteiger partial charge in [-0.1, -0.05) is 12.1 Å². The molecular formula is C8H6KNO4S. The fourth-order valence-corrected chi connectivity index (χ4v) is 1.25. The van der Waals surface area contributed by atoms with Crippen LogP contribution in [0.3, 0.4) is 0 Å². The van der Waals surface area contributed by atoms with Crippen LogP contribution in [0.15, 0.2) is 30.3 Å². The van der Waals surface area contributed by atoms with E-state index in [1.165, 1.54) is 0 Å². The van der Waals surface area contributed by atoms with Crippen molar-refractivity contribution in [1.29, 1.82) is 0 Å². The fraction of sp³-hybridized carbons (Fsp3) is 0. The number of H-pyrrole nitrogens is 1. The van der Waals surface area contributed by atoms with Crippen molar-refractivity contribution < 1.29 is 75.4 Å². The van der Waals surface area contributed by atoms with Gasteiger partial charge in [-0.05, 0) is 12.1 Å². The van der Waals surface area contributed by atoms with Crippen LogP contribution in [0, 0.1) is 0 Å². The van der Waals surface area contributed by atoms with Crippen LogP contribution in [-0.4, -0.2) is 18.0 Å². The minimum absolute atomic E-state index is 0. The van der Waals surface area contributed by atoms with Gasteiger partial charge in [-0.3, -0.25) is 0 Å². The number of aromatic amines is 1. The van der Waals surface area contributed by atoms with E-state index in [2.05, 4.69) is 9.17 Å². The summed E-state index contributed by atoms with van der Waals surface area (Å²) in [5, 5.41) is -0.351. The molecule has 0 fully saturated rings. The zero-order chi connectivity index (χ0) is 14.5. The Kier molecular flexibility index (Phi) is 2.46. The van der Waals surface area contributed by atoms with E-state index in [-0.39, 0.29) is 62.3 Å². The van der Waals surface area contributed by atoms with E-state index in [0.29, 0.717) is 0 Å². The van der Waals surface area contributed by atoms with E-state index in [1.54, 1.807) is 0 Å². The third-order valence-corrected chi connectivity index (χ3v) is 1.77. The maximum absolute atomic E-state index is 10.6. The molecule has 0 aliphatic carbocycles. The van der Waals surface area contributed by atoms with Gasteiger partial charge in [0, 0.05) is 17.1 Å². The third-order valence-electron chi connectivity index (χ3n) is 1.40. The fourth-order valence-electron chi connectivity index (χ4n) is 0.923. The van der Waals surface area contributed by atoms with Crippen LogP contribution in [0.25, 0.3) is 10.9 Å². The average molecular weight is 256 g/mol. The first kappa shape index (κ1) is 7.44. The van der Waals surface area contributed by atoms with Crippen molar-refractivity contribution >= 4 is 21.3 Å². The zero-order valence-electron chi connectivity index (χ0n) is 12.5. The van der Waals surface area contributed by atoms with E-state index in [4.69, 9.17) is 6.85 Å². The summed E-state index contributed by atoms with van der Waals surface area (Å²) >= 11 is 0. The van der Waals surface area contributed by atoms with E-state index in [9.17, 15) is 13.0 Å². The van der Waals surface area contributed by atoms with Crippen LogP contribution in [0.4, 0.5) is 0 Å². The standard InChI is InChI=1S/C8H7NO4S.K/c10-14(11,12)13-8-5-9-7-4-2-1-3-6(7)8;/h1-5,9H,(H,10,11,12);/q;+1/p-1/i1D,2D,3D,4D,5D;. The molecule has 0 radical (unpaired) electrons. The smallest absolute Gasteiger partial charge is 0.716 e. The van der Waals surface area contributed by atoms with Crippen LogP contribution < -0.4 is 55.6 Å². The van der Waals surface area contributed by atoms with Crippen molar-refractivity contribution in [2.45, 2.75) is 0 Å². The molecule has 0 aliphatic heterocycles. The van der Waals surface area contributed by atoms with E-state index < -0.39 is 46.5 Å². The largest absolute Gasteiger partial charge is 1.00 e. The Morgan fingerprint density at radius 2 is 2.07 bits per heavy atom. The topological polar surface area (TPSA) is 82.2 Å². The molecule has 1 aromatic heterocycles. The summed E-state index contributed by atoms with van der Waals surface area (Å²) in [5.41, 5.74) is -0.199. The summed E-state index contributed by atoms with van der Waals surface area (Å²) in [6, 6.07) is -2.24. The van der Waals surface area contributed by atoms with Gasteiger partial charge in [0.1, 0.15) is 0 Å². The van der Waals surface area contributed by atoms with Gasteiger partial charge in [0.15, 0.2) is 5.75 Å². The van der Waals surface area contributed by atoms with Crippen LogP contribution in [0.1, 0.15) is 6.85 Å². The van der Waals surface area contributed by atoms with Crippen molar-refractivity contribution in [1.82, 2.24) is 4.98 Å². The normalized spacial score (nSPS) is 15.7. The predicted octanol–water partition coefficient (Wildman–Crippen LogP) is -1.99. The Morgan fingerprint density at radius 1 is 1.40 bits per heavy atom. The van der Waals surface area contributed by atoms with Gasteiger partial charge >= 0.3 is 51.4 Å². The molecule has 0 saturated heterocycles. The number of para-hydroxylation sites is 1. The molecular weight excluding hydrogens is 245 g/mol. The maximum atomic E-state index is 10.6. The summed E-state index contributed by atoms with van der Waals surface area (Å²) in [6.45, 7) is 0. The van der Waals surface area contributed by atoms with Crippen molar-refractivity contribution in [3.05, 3.63) is 30.3 Å². The van der Waals surface area contributed by atoms with Crippen molar-refractivity contribution in [2.24, 2.45) is 0 Å². The van der Waals surface area contributed by atoms with Gasteiger partial charge in [-0.15, -0.1) is 0 Å². The van der Waals surface area contributed by atoms with Crippen LogP contribution in [-0.2, 0) is 10.4 Å². The van der Waals surface area contributed by atoms with Gasteiger partial charge in [-0.2, -0.15) is 0 Å². The predicted molar refractivity (Wildman–Crippen MR) is 48.6 cm³/mol. The van der Waals surface area contributed by atoms with Gasteiger partial charge in [0.05, 0.1) is 6.85 Å². The second-order valence-corrected chi connectivity index (χ2v) is 3.30.